The SMILES string of the molecule is CC(C)c1cnn2c(N(Cc3ccccc3)N3CCC=N3)nc(C(=O)O)nc12. The van der Waals surface area contributed by atoms with Gasteiger partial charge in [0, 0.05) is 18.2 Å². The first kappa shape index (κ1) is 17.9. The van der Waals surface area contributed by atoms with Crippen LogP contribution in [0.5, 0.6) is 0 Å². The second-order valence-corrected chi connectivity index (χ2v) is 6.87. The fourth-order valence-corrected chi connectivity index (χ4v) is 3.13. The number of nitrogens with zero attached hydrogens (tertiary/aromatic N) is 7. The van der Waals surface area contributed by atoms with E-state index in [2.05, 4.69) is 20.2 Å². The third kappa shape index (κ3) is 3.26. The quantitative estimate of drug-likeness (QED) is 0.702. The van der Waals surface area contributed by atoms with Gasteiger partial charge in [-0.2, -0.15) is 19.7 Å². The largest absolute Gasteiger partial charge is 0.475 e. The van der Waals surface area contributed by atoms with Crippen molar-refractivity contribution in [3.05, 3.63) is 53.5 Å². The Bertz CT molecular complexity index is 1030. The number of carboxylic acids is 1. The number of aromatic nitrogens is 4. The molecule has 0 saturated carbocycles. The third-order valence-corrected chi connectivity index (χ3v) is 4.55. The number of hydrazone groups is 1. The van der Waals surface area contributed by atoms with Gasteiger partial charge in [-0.1, -0.05) is 44.2 Å². The highest BCUT2D eigenvalue weighted by Crippen LogP contribution is 2.25. The van der Waals surface area contributed by atoms with Gasteiger partial charge in [-0.15, -0.1) is 0 Å². The Hall–Kier alpha value is -3.49. The van der Waals surface area contributed by atoms with Crippen LogP contribution in [-0.2, 0) is 6.54 Å². The van der Waals surface area contributed by atoms with E-state index in [1.54, 1.807) is 15.8 Å². The second kappa shape index (κ2) is 7.26. The van der Waals surface area contributed by atoms with Crippen molar-refractivity contribution >= 4 is 23.8 Å². The molecule has 1 aromatic carbocycles. The van der Waals surface area contributed by atoms with Crippen molar-refractivity contribution in [1.82, 2.24) is 24.7 Å². The van der Waals surface area contributed by atoms with Gasteiger partial charge in [0.1, 0.15) is 0 Å². The summed E-state index contributed by atoms with van der Waals surface area (Å²) in [5.74, 6) is -0.915. The van der Waals surface area contributed by atoms with Crippen molar-refractivity contribution in [2.24, 2.45) is 5.10 Å². The first-order chi connectivity index (χ1) is 13.5. The Morgan fingerprint density at radius 3 is 2.68 bits per heavy atom. The number of carbonyl (C=O) groups is 1. The van der Waals surface area contributed by atoms with Crippen LogP contribution in [0, 0.1) is 0 Å². The third-order valence-electron chi connectivity index (χ3n) is 4.55. The molecule has 0 fully saturated rings. The molecule has 2 aromatic heterocycles. The van der Waals surface area contributed by atoms with Gasteiger partial charge >= 0.3 is 5.97 Å². The molecule has 0 atom stereocenters. The molecule has 28 heavy (non-hydrogen) atoms. The number of carboxylic acid groups (broad SMARTS) is 1. The molecule has 0 spiro atoms. The summed E-state index contributed by atoms with van der Waals surface area (Å²) in [6, 6.07) is 9.89. The molecule has 1 aliphatic heterocycles. The van der Waals surface area contributed by atoms with Crippen LogP contribution < -0.4 is 5.01 Å². The zero-order chi connectivity index (χ0) is 19.7. The van der Waals surface area contributed by atoms with E-state index < -0.39 is 5.97 Å². The number of aromatic carboxylic acids is 1. The lowest BCUT2D eigenvalue weighted by Gasteiger charge is -2.31. The maximum absolute atomic E-state index is 11.7. The van der Waals surface area contributed by atoms with E-state index in [0.717, 1.165) is 17.5 Å². The predicted octanol–water partition coefficient (Wildman–Crippen LogP) is 2.56. The molecule has 1 N–H and O–H groups in total. The first-order valence-corrected chi connectivity index (χ1v) is 9.15. The highest BCUT2D eigenvalue weighted by molar-refractivity contribution is 5.84. The smallest absolute Gasteiger partial charge is 0.374 e. The Kier molecular flexibility index (Phi) is 4.64. The van der Waals surface area contributed by atoms with Crippen molar-refractivity contribution in [3.63, 3.8) is 0 Å². The maximum Gasteiger partial charge on any atom is 0.374 e. The van der Waals surface area contributed by atoms with Crippen molar-refractivity contribution in [2.45, 2.75) is 32.7 Å². The fraction of sp³-hybridized carbons (Fsp3) is 0.316. The number of fused-ring (bicyclic) bond motifs is 1. The standard InChI is InChI=1S/C19H21N7O2/c1-13(2)15-11-21-26-17(15)22-16(18(27)28)23-19(26)24(25-10-6-9-20-25)12-14-7-4-3-5-8-14/h3-5,7-9,11,13H,6,10,12H2,1-2H3,(H,27,28). The van der Waals surface area contributed by atoms with Gasteiger partial charge in [-0.3, -0.25) is 0 Å². The van der Waals surface area contributed by atoms with E-state index in [1.165, 1.54) is 0 Å². The van der Waals surface area contributed by atoms with Gasteiger partial charge < -0.3 is 5.11 Å². The lowest BCUT2D eigenvalue weighted by molar-refractivity contribution is 0.0683. The number of anilines is 1. The monoisotopic (exact) mass is 379 g/mol. The zero-order valence-electron chi connectivity index (χ0n) is 15.7. The number of rotatable bonds is 6. The van der Waals surface area contributed by atoms with E-state index in [0.29, 0.717) is 24.7 Å². The molecule has 0 amide bonds. The molecule has 3 heterocycles. The summed E-state index contributed by atoms with van der Waals surface area (Å²) >= 11 is 0. The fourth-order valence-electron chi connectivity index (χ4n) is 3.13. The summed E-state index contributed by atoms with van der Waals surface area (Å²) in [6.07, 6.45) is 4.36. The molecule has 0 bridgehead atoms. The Labute approximate surface area is 161 Å². The van der Waals surface area contributed by atoms with Gasteiger partial charge in [0.05, 0.1) is 19.3 Å². The molecule has 0 radical (unpaired) electrons. The molecule has 0 aliphatic carbocycles. The minimum atomic E-state index is -1.18. The van der Waals surface area contributed by atoms with Gasteiger partial charge in [0.2, 0.25) is 5.82 Å². The highest BCUT2D eigenvalue weighted by Gasteiger charge is 2.26. The Morgan fingerprint density at radius 2 is 2.04 bits per heavy atom. The molecule has 9 nitrogen and oxygen atoms in total. The van der Waals surface area contributed by atoms with E-state index >= 15 is 0 Å². The van der Waals surface area contributed by atoms with E-state index in [1.807, 2.05) is 55.4 Å². The molecular formula is C19H21N7O2. The number of benzene rings is 1. The van der Waals surface area contributed by atoms with Gasteiger partial charge in [-0.05, 0) is 11.5 Å². The number of hydrogen-bond acceptors (Lipinski definition) is 7. The average molecular weight is 379 g/mol. The van der Waals surface area contributed by atoms with Crippen molar-refractivity contribution in [1.29, 1.82) is 0 Å². The van der Waals surface area contributed by atoms with Gasteiger partial charge in [0.25, 0.3) is 5.95 Å². The van der Waals surface area contributed by atoms with Crippen LogP contribution >= 0.6 is 0 Å². The lowest BCUT2D eigenvalue weighted by Crippen LogP contribution is -2.39. The normalized spacial score (nSPS) is 13.6. The molecule has 1 aliphatic rings. The summed E-state index contributed by atoms with van der Waals surface area (Å²) in [5.41, 5.74) is 2.42. The first-order valence-electron chi connectivity index (χ1n) is 9.15. The van der Waals surface area contributed by atoms with E-state index in [-0.39, 0.29) is 11.7 Å². The summed E-state index contributed by atoms with van der Waals surface area (Å²) in [4.78, 5) is 20.2. The van der Waals surface area contributed by atoms with Crippen LogP contribution in [0.4, 0.5) is 5.95 Å². The summed E-state index contributed by atoms with van der Waals surface area (Å²) < 4.78 is 1.60. The van der Waals surface area contributed by atoms with Crippen LogP contribution in [0.2, 0.25) is 0 Å². The predicted molar refractivity (Wildman–Crippen MR) is 104 cm³/mol. The van der Waals surface area contributed by atoms with Crippen molar-refractivity contribution < 1.29 is 9.90 Å². The van der Waals surface area contributed by atoms with Crippen LogP contribution in [-0.4, -0.2) is 48.5 Å². The van der Waals surface area contributed by atoms with Crippen LogP contribution in [0.15, 0.2) is 41.6 Å². The average Bonchev–Trinajstić information content (AvgIpc) is 3.36. The summed E-state index contributed by atoms with van der Waals surface area (Å²) in [6.45, 7) is 5.19. The van der Waals surface area contributed by atoms with E-state index in [4.69, 9.17) is 0 Å². The Balaban J connectivity index is 1.89. The molecule has 0 unspecified atom stereocenters. The number of hydrazine groups is 1. The Morgan fingerprint density at radius 1 is 1.25 bits per heavy atom. The molecule has 144 valence electrons. The summed E-state index contributed by atoms with van der Waals surface area (Å²) in [5, 5.41) is 22.1. The molecule has 9 heteroatoms. The topological polar surface area (TPSA) is 99.2 Å². The molecule has 3 aromatic rings. The minimum absolute atomic E-state index is 0.147. The lowest BCUT2D eigenvalue weighted by atomic mass is 10.1. The minimum Gasteiger partial charge on any atom is -0.475 e. The van der Waals surface area contributed by atoms with Gasteiger partial charge in [-0.25, -0.2) is 19.9 Å². The summed E-state index contributed by atoms with van der Waals surface area (Å²) in [7, 11) is 0. The maximum atomic E-state index is 11.7. The molecule has 0 saturated heterocycles. The van der Waals surface area contributed by atoms with Crippen LogP contribution in [0.25, 0.3) is 5.65 Å². The second-order valence-electron chi connectivity index (χ2n) is 6.87. The van der Waals surface area contributed by atoms with Crippen molar-refractivity contribution in [2.75, 3.05) is 11.6 Å². The highest BCUT2D eigenvalue weighted by atomic mass is 16.4. The van der Waals surface area contributed by atoms with Crippen LogP contribution in [0.1, 0.15) is 47.9 Å². The zero-order valence-corrected chi connectivity index (χ0v) is 15.7. The van der Waals surface area contributed by atoms with Crippen LogP contribution in [0.3, 0.4) is 0 Å². The molecular weight excluding hydrogens is 358 g/mol. The molecule has 4 rings (SSSR count). The number of hydrogen-bond donors (Lipinski definition) is 1. The van der Waals surface area contributed by atoms with Gasteiger partial charge in [0.15, 0.2) is 5.65 Å². The van der Waals surface area contributed by atoms with E-state index in [9.17, 15) is 9.90 Å². The van der Waals surface area contributed by atoms with Crippen molar-refractivity contribution in [3.8, 4) is 0 Å².